The van der Waals surface area contributed by atoms with Crippen molar-refractivity contribution in [3.05, 3.63) is 0 Å². The second-order valence-electron chi connectivity index (χ2n) is 3.45. The molecule has 13 heavy (non-hydrogen) atoms. The molecule has 0 aromatic rings. The first-order valence-electron chi connectivity index (χ1n) is 4.53. The highest BCUT2D eigenvalue weighted by Crippen LogP contribution is 2.24. The molecule has 6 heteroatoms. The maximum atomic E-state index is 11.1. The Hall–Kier alpha value is -0.170. The lowest BCUT2D eigenvalue weighted by atomic mass is 9.81. The molecule has 0 saturated heterocycles. The third-order valence-corrected chi connectivity index (χ3v) is 3.38. The summed E-state index contributed by atoms with van der Waals surface area (Å²) in [5.74, 6) is 0.420. The van der Waals surface area contributed by atoms with Gasteiger partial charge >= 0.3 is 0 Å². The van der Waals surface area contributed by atoms with Crippen molar-refractivity contribution in [2.24, 2.45) is 11.7 Å². The molecule has 0 bridgehead atoms. The molecular formula is C7H17N3O2S. The zero-order valence-corrected chi connectivity index (χ0v) is 8.60. The molecule has 0 atom stereocenters. The fourth-order valence-corrected chi connectivity index (χ4v) is 2.36. The van der Waals surface area contributed by atoms with Gasteiger partial charge in [0.2, 0.25) is 0 Å². The molecule has 0 heterocycles. The Bertz CT molecular complexity index is 246. The van der Waals surface area contributed by atoms with Crippen LogP contribution in [0, 0.1) is 5.92 Å². The van der Waals surface area contributed by atoms with Gasteiger partial charge in [0.25, 0.3) is 10.2 Å². The van der Waals surface area contributed by atoms with Crippen molar-refractivity contribution in [3.8, 4) is 0 Å². The minimum Gasteiger partial charge on any atom is -0.328 e. The van der Waals surface area contributed by atoms with E-state index in [1.54, 1.807) is 6.92 Å². The summed E-state index contributed by atoms with van der Waals surface area (Å²) in [5.41, 5.74) is 5.57. The molecule has 0 unspecified atom stereocenters. The normalized spacial score (nSPS) is 28.5. The molecule has 0 spiro atoms. The van der Waals surface area contributed by atoms with Gasteiger partial charge in [0.05, 0.1) is 0 Å². The zero-order chi connectivity index (χ0) is 9.90. The van der Waals surface area contributed by atoms with Crippen LogP contribution < -0.4 is 15.2 Å². The average molecular weight is 207 g/mol. The van der Waals surface area contributed by atoms with Gasteiger partial charge in [-0.1, -0.05) is 6.92 Å². The molecule has 78 valence electrons. The summed E-state index contributed by atoms with van der Waals surface area (Å²) in [6.07, 6.45) is 1.85. The lowest BCUT2D eigenvalue weighted by molar-refractivity contribution is 0.267. The van der Waals surface area contributed by atoms with E-state index in [1.807, 2.05) is 0 Å². The zero-order valence-electron chi connectivity index (χ0n) is 7.79. The third-order valence-electron chi connectivity index (χ3n) is 2.17. The van der Waals surface area contributed by atoms with Crippen LogP contribution in [0.4, 0.5) is 0 Å². The van der Waals surface area contributed by atoms with E-state index < -0.39 is 10.2 Å². The minimum atomic E-state index is -3.26. The number of nitrogens with two attached hydrogens (primary N) is 1. The second kappa shape index (κ2) is 4.36. The first-order chi connectivity index (χ1) is 6.03. The molecule has 5 nitrogen and oxygen atoms in total. The lowest BCUT2D eigenvalue weighted by Crippen LogP contribution is -2.45. The van der Waals surface area contributed by atoms with E-state index in [4.69, 9.17) is 5.73 Å². The van der Waals surface area contributed by atoms with Gasteiger partial charge in [-0.15, -0.1) is 0 Å². The quantitative estimate of drug-likeness (QED) is 0.550. The summed E-state index contributed by atoms with van der Waals surface area (Å²) in [6.45, 7) is 2.67. The van der Waals surface area contributed by atoms with Crippen molar-refractivity contribution in [3.63, 3.8) is 0 Å². The van der Waals surface area contributed by atoms with E-state index in [0.717, 1.165) is 12.8 Å². The van der Waals surface area contributed by atoms with Gasteiger partial charge in [-0.05, 0) is 18.8 Å². The smallest absolute Gasteiger partial charge is 0.276 e. The summed E-state index contributed by atoms with van der Waals surface area (Å²) in [5, 5.41) is 0. The van der Waals surface area contributed by atoms with Crippen LogP contribution in [-0.2, 0) is 10.2 Å². The van der Waals surface area contributed by atoms with Crippen LogP contribution in [-0.4, -0.2) is 27.5 Å². The van der Waals surface area contributed by atoms with Crippen molar-refractivity contribution >= 4 is 10.2 Å². The summed E-state index contributed by atoms with van der Waals surface area (Å²) in [4.78, 5) is 0. The van der Waals surface area contributed by atoms with Crippen LogP contribution in [0.2, 0.25) is 0 Å². The SMILES string of the molecule is CCNS(=O)(=O)NCC1CC(N)C1. The van der Waals surface area contributed by atoms with E-state index in [9.17, 15) is 8.42 Å². The predicted octanol–water partition coefficient (Wildman–Crippen LogP) is -0.832. The molecule has 1 aliphatic rings. The standard InChI is InChI=1S/C7H17N3O2S/c1-2-9-13(11,12)10-5-6-3-7(8)4-6/h6-7,9-10H,2-5,8H2,1H3. The number of hydrogen-bond acceptors (Lipinski definition) is 3. The van der Waals surface area contributed by atoms with Crippen LogP contribution in [0.3, 0.4) is 0 Å². The highest BCUT2D eigenvalue weighted by atomic mass is 32.2. The highest BCUT2D eigenvalue weighted by Gasteiger charge is 2.26. The molecule has 4 N–H and O–H groups in total. The van der Waals surface area contributed by atoms with Gasteiger partial charge in [0.1, 0.15) is 0 Å². The Morgan fingerprint density at radius 1 is 1.38 bits per heavy atom. The Morgan fingerprint density at radius 3 is 2.46 bits per heavy atom. The van der Waals surface area contributed by atoms with Crippen LogP contribution in [0.1, 0.15) is 19.8 Å². The van der Waals surface area contributed by atoms with E-state index in [1.165, 1.54) is 0 Å². The molecule has 1 fully saturated rings. The van der Waals surface area contributed by atoms with E-state index in [-0.39, 0.29) is 6.04 Å². The molecule has 0 aromatic heterocycles. The highest BCUT2D eigenvalue weighted by molar-refractivity contribution is 7.87. The fraction of sp³-hybridized carbons (Fsp3) is 1.00. The average Bonchev–Trinajstić information content (AvgIpc) is 1.96. The van der Waals surface area contributed by atoms with Gasteiger partial charge < -0.3 is 5.73 Å². The van der Waals surface area contributed by atoms with Crippen molar-refractivity contribution in [1.82, 2.24) is 9.44 Å². The Morgan fingerprint density at radius 2 is 2.00 bits per heavy atom. The van der Waals surface area contributed by atoms with Crippen molar-refractivity contribution in [1.29, 1.82) is 0 Å². The number of rotatable bonds is 5. The van der Waals surface area contributed by atoms with Crippen LogP contribution in [0.25, 0.3) is 0 Å². The van der Waals surface area contributed by atoms with Crippen molar-refractivity contribution in [2.45, 2.75) is 25.8 Å². The summed E-state index contributed by atoms with van der Waals surface area (Å²) >= 11 is 0. The Balaban J connectivity index is 2.18. The topological polar surface area (TPSA) is 84.2 Å². The first-order valence-corrected chi connectivity index (χ1v) is 6.01. The van der Waals surface area contributed by atoms with Gasteiger partial charge in [-0.3, -0.25) is 0 Å². The second-order valence-corrected chi connectivity index (χ2v) is 5.03. The van der Waals surface area contributed by atoms with E-state index >= 15 is 0 Å². The van der Waals surface area contributed by atoms with Crippen molar-refractivity contribution in [2.75, 3.05) is 13.1 Å². The monoisotopic (exact) mass is 207 g/mol. The molecule has 0 aromatic carbocycles. The third kappa shape index (κ3) is 3.60. The van der Waals surface area contributed by atoms with Gasteiger partial charge in [-0.25, -0.2) is 9.44 Å². The maximum absolute atomic E-state index is 11.1. The lowest BCUT2D eigenvalue weighted by Gasteiger charge is -2.32. The molecule has 1 rings (SSSR count). The van der Waals surface area contributed by atoms with Crippen LogP contribution in [0.5, 0.6) is 0 Å². The van der Waals surface area contributed by atoms with Gasteiger partial charge in [0.15, 0.2) is 0 Å². The van der Waals surface area contributed by atoms with E-state index in [2.05, 4.69) is 9.44 Å². The molecule has 0 amide bonds. The molecular weight excluding hydrogens is 190 g/mol. The van der Waals surface area contributed by atoms with Crippen LogP contribution in [0.15, 0.2) is 0 Å². The minimum absolute atomic E-state index is 0.272. The summed E-state index contributed by atoms with van der Waals surface area (Å²) in [7, 11) is -3.26. The Kier molecular flexibility index (Phi) is 3.66. The number of hydrogen-bond donors (Lipinski definition) is 3. The molecule has 0 aliphatic heterocycles. The molecule has 1 saturated carbocycles. The largest absolute Gasteiger partial charge is 0.328 e. The van der Waals surface area contributed by atoms with Crippen LogP contribution >= 0.6 is 0 Å². The Labute approximate surface area is 79.3 Å². The van der Waals surface area contributed by atoms with Crippen molar-refractivity contribution < 1.29 is 8.42 Å². The molecule has 0 radical (unpaired) electrons. The summed E-state index contributed by atoms with van der Waals surface area (Å²) in [6, 6.07) is 0.272. The number of nitrogens with one attached hydrogen (secondary N) is 2. The fourth-order valence-electron chi connectivity index (χ4n) is 1.42. The van der Waals surface area contributed by atoms with Gasteiger partial charge in [0, 0.05) is 19.1 Å². The van der Waals surface area contributed by atoms with Gasteiger partial charge in [-0.2, -0.15) is 8.42 Å². The predicted molar refractivity (Wildman–Crippen MR) is 51.3 cm³/mol. The molecule has 1 aliphatic carbocycles. The first kappa shape index (κ1) is 10.9. The van der Waals surface area contributed by atoms with E-state index in [0.29, 0.717) is 19.0 Å². The summed E-state index contributed by atoms with van der Waals surface area (Å²) < 4.78 is 27.1. The maximum Gasteiger partial charge on any atom is 0.276 e.